The Morgan fingerprint density at radius 3 is 2.67 bits per heavy atom. The summed E-state index contributed by atoms with van der Waals surface area (Å²) in [6.45, 7) is 6.11. The summed E-state index contributed by atoms with van der Waals surface area (Å²) >= 11 is 0. The molecule has 160 valence electrons. The van der Waals surface area contributed by atoms with Crippen LogP contribution in [0.2, 0.25) is 0 Å². The van der Waals surface area contributed by atoms with Crippen molar-refractivity contribution < 1.29 is 4.79 Å². The maximum absolute atomic E-state index is 13.0. The molecule has 0 saturated carbocycles. The van der Waals surface area contributed by atoms with Gasteiger partial charge in [0.2, 0.25) is 5.91 Å². The summed E-state index contributed by atoms with van der Waals surface area (Å²) in [5, 5.41) is 9.01. The zero-order chi connectivity index (χ0) is 21.3. The van der Waals surface area contributed by atoms with Gasteiger partial charge in [-0.2, -0.15) is 5.10 Å². The summed E-state index contributed by atoms with van der Waals surface area (Å²) in [6.07, 6.45) is 6.40. The number of carbonyl (C=O) groups excluding carboxylic acids is 1. The smallest absolute Gasteiger partial charge is 0.291 e. The van der Waals surface area contributed by atoms with Crippen LogP contribution in [0.4, 0.5) is 0 Å². The molecule has 2 aromatic heterocycles. The number of hydrogen-bond donors (Lipinski definition) is 1. The van der Waals surface area contributed by atoms with Crippen LogP contribution in [0, 0.1) is 0 Å². The summed E-state index contributed by atoms with van der Waals surface area (Å²) in [7, 11) is 1.87. The van der Waals surface area contributed by atoms with E-state index in [1.54, 1.807) is 6.20 Å². The minimum absolute atomic E-state index is 0.0627. The molecule has 7 nitrogen and oxygen atoms in total. The van der Waals surface area contributed by atoms with E-state index >= 15 is 0 Å². The largest absolute Gasteiger partial charge is 0.354 e. The summed E-state index contributed by atoms with van der Waals surface area (Å²) in [5.74, 6) is -0.178. The molecular weight excluding hydrogens is 378 g/mol. The third kappa shape index (κ3) is 3.86. The van der Waals surface area contributed by atoms with Crippen LogP contribution in [0.1, 0.15) is 39.5 Å². The first-order valence-corrected chi connectivity index (χ1v) is 10.9. The van der Waals surface area contributed by atoms with Crippen molar-refractivity contribution in [3.8, 4) is 0 Å². The van der Waals surface area contributed by atoms with Gasteiger partial charge in [0, 0.05) is 48.5 Å². The van der Waals surface area contributed by atoms with Crippen molar-refractivity contribution >= 4 is 27.7 Å². The summed E-state index contributed by atoms with van der Waals surface area (Å²) < 4.78 is 3.13. The monoisotopic (exact) mass is 409 g/mol. The van der Waals surface area contributed by atoms with Gasteiger partial charge >= 0.3 is 0 Å². The van der Waals surface area contributed by atoms with Crippen molar-refractivity contribution in [2.75, 3.05) is 13.1 Å². The van der Waals surface area contributed by atoms with Crippen molar-refractivity contribution in [1.29, 1.82) is 0 Å². The maximum atomic E-state index is 13.0. The Morgan fingerprint density at radius 2 is 1.90 bits per heavy atom. The number of amides is 1. The lowest BCUT2D eigenvalue weighted by Gasteiger charge is -2.39. The molecule has 3 aromatic rings. The van der Waals surface area contributed by atoms with Crippen LogP contribution in [0.5, 0.6) is 0 Å². The molecule has 7 heteroatoms. The van der Waals surface area contributed by atoms with Crippen molar-refractivity contribution in [1.82, 2.24) is 24.6 Å². The highest BCUT2D eigenvalue weighted by Crippen LogP contribution is 2.25. The molecule has 1 aliphatic rings. The van der Waals surface area contributed by atoms with Crippen LogP contribution < -0.4 is 10.9 Å². The van der Waals surface area contributed by atoms with E-state index in [0.717, 1.165) is 29.3 Å². The molecule has 1 fully saturated rings. The second kappa shape index (κ2) is 8.60. The highest BCUT2D eigenvalue weighted by atomic mass is 16.2. The normalized spacial score (nSPS) is 20.1. The Balaban J connectivity index is 1.39. The fraction of sp³-hybridized carbons (Fsp3) is 0.522. The number of para-hydroxylation sites is 1. The number of nitrogens with one attached hydrogen (secondary N) is 1. The van der Waals surface area contributed by atoms with E-state index in [-0.39, 0.29) is 18.0 Å². The van der Waals surface area contributed by atoms with E-state index in [2.05, 4.69) is 29.2 Å². The number of likely N-dealkylation sites (tertiary alicyclic amines) is 1. The number of rotatable bonds is 6. The van der Waals surface area contributed by atoms with Crippen LogP contribution in [-0.2, 0) is 18.4 Å². The number of aromatic nitrogens is 3. The zero-order valence-corrected chi connectivity index (χ0v) is 18.1. The number of piperidine rings is 1. The highest BCUT2D eigenvalue weighted by molar-refractivity contribution is 6.07. The zero-order valence-electron chi connectivity index (χ0n) is 18.1. The van der Waals surface area contributed by atoms with Gasteiger partial charge in [-0.25, -0.2) is 4.68 Å². The molecule has 0 spiro atoms. The van der Waals surface area contributed by atoms with Crippen molar-refractivity contribution in [2.45, 2.75) is 58.2 Å². The van der Waals surface area contributed by atoms with Gasteiger partial charge in [-0.15, -0.1) is 0 Å². The van der Waals surface area contributed by atoms with Gasteiger partial charge in [-0.1, -0.05) is 24.6 Å². The topological polar surface area (TPSA) is 72.2 Å². The van der Waals surface area contributed by atoms with Gasteiger partial charge in [0.25, 0.3) is 5.56 Å². The van der Waals surface area contributed by atoms with E-state index in [4.69, 9.17) is 0 Å². The number of carbonyl (C=O) groups is 1. The number of fused-ring (bicyclic) bond motifs is 3. The third-order valence-electron chi connectivity index (χ3n) is 6.49. The van der Waals surface area contributed by atoms with Gasteiger partial charge in [-0.05, 0) is 39.2 Å². The van der Waals surface area contributed by atoms with E-state index < -0.39 is 0 Å². The molecule has 1 aliphatic heterocycles. The SMILES string of the molecule is C[C@@H]1CCC[C@@H](C)N1CCCNC(=O)Cn1ncc2c3ccccc3n(C)c2c1=O. The van der Waals surface area contributed by atoms with E-state index in [0.29, 0.717) is 24.1 Å². The molecule has 1 saturated heterocycles. The number of aryl methyl sites for hydroxylation is 1. The first-order chi connectivity index (χ1) is 14.5. The van der Waals surface area contributed by atoms with Crippen LogP contribution >= 0.6 is 0 Å². The van der Waals surface area contributed by atoms with Crippen molar-refractivity contribution in [3.63, 3.8) is 0 Å². The Morgan fingerprint density at radius 1 is 1.17 bits per heavy atom. The number of nitrogens with zero attached hydrogens (tertiary/aromatic N) is 4. The molecule has 1 amide bonds. The van der Waals surface area contributed by atoms with Gasteiger partial charge in [0.15, 0.2) is 0 Å². The lowest BCUT2D eigenvalue weighted by Crippen LogP contribution is -2.45. The Hall–Kier alpha value is -2.67. The molecule has 0 bridgehead atoms. The van der Waals surface area contributed by atoms with Gasteiger partial charge in [0.1, 0.15) is 12.1 Å². The Labute approximate surface area is 176 Å². The average molecular weight is 410 g/mol. The molecule has 1 N–H and O–H groups in total. The lowest BCUT2D eigenvalue weighted by molar-refractivity contribution is -0.121. The molecular formula is C23H31N5O2. The molecule has 0 unspecified atom stereocenters. The predicted molar refractivity (Wildman–Crippen MR) is 120 cm³/mol. The highest BCUT2D eigenvalue weighted by Gasteiger charge is 2.23. The lowest BCUT2D eigenvalue weighted by atomic mass is 9.97. The predicted octanol–water partition coefficient (Wildman–Crippen LogP) is 2.66. The molecule has 4 rings (SSSR count). The van der Waals surface area contributed by atoms with E-state index in [1.807, 2.05) is 35.9 Å². The molecule has 3 heterocycles. The van der Waals surface area contributed by atoms with Crippen molar-refractivity contribution in [2.24, 2.45) is 7.05 Å². The second-order valence-electron chi connectivity index (χ2n) is 8.52. The van der Waals surface area contributed by atoms with Gasteiger partial charge in [0.05, 0.1) is 6.20 Å². The first-order valence-electron chi connectivity index (χ1n) is 10.9. The van der Waals surface area contributed by atoms with Gasteiger partial charge in [-0.3, -0.25) is 14.5 Å². The Bertz CT molecular complexity index is 1110. The number of benzene rings is 1. The third-order valence-corrected chi connectivity index (χ3v) is 6.49. The van der Waals surface area contributed by atoms with Gasteiger partial charge < -0.3 is 9.88 Å². The summed E-state index contributed by atoms with van der Waals surface area (Å²) in [5.41, 5.74) is 1.32. The number of hydrogen-bond acceptors (Lipinski definition) is 4. The van der Waals surface area contributed by atoms with Crippen LogP contribution in [0.3, 0.4) is 0 Å². The van der Waals surface area contributed by atoms with Crippen LogP contribution in [0.15, 0.2) is 35.3 Å². The summed E-state index contributed by atoms with van der Waals surface area (Å²) in [4.78, 5) is 27.9. The molecule has 30 heavy (non-hydrogen) atoms. The molecule has 0 aliphatic carbocycles. The van der Waals surface area contributed by atoms with Crippen molar-refractivity contribution in [3.05, 3.63) is 40.8 Å². The molecule has 2 atom stereocenters. The average Bonchev–Trinajstić information content (AvgIpc) is 3.02. The Kier molecular flexibility index (Phi) is 5.90. The fourth-order valence-electron chi connectivity index (χ4n) is 4.82. The summed E-state index contributed by atoms with van der Waals surface area (Å²) in [6, 6.07) is 9.09. The second-order valence-corrected chi connectivity index (χ2v) is 8.52. The standard InChI is InChI=1S/C23H31N5O2/c1-16-8-6-9-17(2)27(16)13-7-12-24-21(29)15-28-23(30)22-19(14-25-28)18-10-4-5-11-20(18)26(22)3/h4-5,10-11,14,16-17H,6-9,12-13,15H2,1-3H3,(H,24,29)/t16-,17-/m1/s1. The molecule has 0 radical (unpaired) electrons. The quantitative estimate of drug-likeness (QED) is 0.636. The van der Waals surface area contributed by atoms with E-state index in [1.165, 1.54) is 23.9 Å². The fourth-order valence-corrected chi connectivity index (χ4v) is 4.82. The molecule has 1 aromatic carbocycles. The van der Waals surface area contributed by atoms with E-state index in [9.17, 15) is 9.59 Å². The minimum atomic E-state index is -0.239. The van der Waals surface area contributed by atoms with Crippen LogP contribution in [0.25, 0.3) is 21.8 Å². The minimum Gasteiger partial charge on any atom is -0.354 e. The van der Waals surface area contributed by atoms with Crippen LogP contribution in [-0.4, -0.2) is 50.3 Å². The first kappa shape index (κ1) is 20.6. The maximum Gasteiger partial charge on any atom is 0.291 e.